The van der Waals surface area contributed by atoms with E-state index in [4.69, 9.17) is 4.74 Å². The first-order valence-electron chi connectivity index (χ1n) is 8.48. The van der Waals surface area contributed by atoms with Gasteiger partial charge in [0, 0.05) is 35.4 Å². The van der Waals surface area contributed by atoms with E-state index in [9.17, 15) is 9.90 Å². The van der Waals surface area contributed by atoms with Crippen molar-refractivity contribution in [1.29, 1.82) is 0 Å². The number of ether oxygens (including phenoxy) is 1. The number of pyridine rings is 1. The average Bonchev–Trinajstić information content (AvgIpc) is 2.68. The summed E-state index contributed by atoms with van der Waals surface area (Å²) in [6.45, 7) is 3.54. The number of aromatic nitrogens is 3. The fraction of sp³-hybridized carbons (Fsp3) is 0.200. The third kappa shape index (κ3) is 4.58. The van der Waals surface area contributed by atoms with E-state index < -0.39 is 0 Å². The predicted octanol–water partition coefficient (Wildman–Crippen LogP) is 2.81. The van der Waals surface area contributed by atoms with Crippen LogP contribution in [0.15, 0.2) is 55.0 Å². The summed E-state index contributed by atoms with van der Waals surface area (Å²) in [5.74, 6) is 0.569. The van der Waals surface area contributed by atoms with Crippen molar-refractivity contribution in [3.63, 3.8) is 0 Å². The Morgan fingerprint density at radius 1 is 1.22 bits per heavy atom. The minimum atomic E-state index is -0.302. The molecule has 2 heterocycles. The number of carbonyl (C=O) groups is 1. The highest BCUT2D eigenvalue weighted by atomic mass is 16.5. The second kappa shape index (κ2) is 8.27. The minimum Gasteiger partial charge on any atom is -0.504 e. The lowest BCUT2D eigenvalue weighted by Gasteiger charge is -2.16. The Morgan fingerprint density at radius 2 is 1.96 bits per heavy atom. The molecule has 0 unspecified atom stereocenters. The molecular weight excluding hydrogens is 344 g/mol. The number of rotatable bonds is 6. The highest BCUT2D eigenvalue weighted by molar-refractivity contribution is 5.78. The van der Waals surface area contributed by atoms with Gasteiger partial charge in [0.2, 0.25) is 0 Å². The summed E-state index contributed by atoms with van der Waals surface area (Å²) in [5.41, 5.74) is 2.49. The Balaban J connectivity index is 1.63. The fourth-order valence-corrected chi connectivity index (χ4v) is 2.62. The predicted molar refractivity (Wildman–Crippen MR) is 100 cm³/mol. The van der Waals surface area contributed by atoms with E-state index in [0.717, 1.165) is 16.8 Å². The number of phenolic OH excluding ortho intramolecular Hbond substituents is 1. The topological polar surface area (TPSA) is 97.2 Å². The highest BCUT2D eigenvalue weighted by Crippen LogP contribution is 2.24. The van der Waals surface area contributed by atoms with Gasteiger partial charge < -0.3 is 15.2 Å². The summed E-state index contributed by atoms with van der Waals surface area (Å²) >= 11 is 0. The monoisotopic (exact) mass is 364 g/mol. The van der Waals surface area contributed by atoms with Gasteiger partial charge >= 0.3 is 0 Å². The van der Waals surface area contributed by atoms with E-state index in [1.54, 1.807) is 36.8 Å². The van der Waals surface area contributed by atoms with E-state index in [-0.39, 0.29) is 30.1 Å². The molecule has 0 aliphatic rings. The van der Waals surface area contributed by atoms with Gasteiger partial charge in [0.05, 0.1) is 6.04 Å². The van der Waals surface area contributed by atoms with Gasteiger partial charge in [-0.15, -0.1) is 0 Å². The van der Waals surface area contributed by atoms with Crippen LogP contribution in [-0.4, -0.2) is 32.6 Å². The molecule has 3 rings (SSSR count). The molecule has 1 atom stereocenters. The van der Waals surface area contributed by atoms with E-state index in [1.807, 2.05) is 26.0 Å². The minimum absolute atomic E-state index is 0.00528. The average molecular weight is 364 g/mol. The number of nitrogens with zero attached hydrogens (tertiary/aromatic N) is 3. The smallest absolute Gasteiger partial charge is 0.258 e. The molecule has 7 heteroatoms. The molecule has 1 amide bonds. The van der Waals surface area contributed by atoms with Crippen molar-refractivity contribution < 1.29 is 14.6 Å². The van der Waals surface area contributed by atoms with Crippen molar-refractivity contribution in [1.82, 2.24) is 20.3 Å². The fourth-order valence-electron chi connectivity index (χ4n) is 2.62. The maximum absolute atomic E-state index is 12.1. The van der Waals surface area contributed by atoms with Crippen molar-refractivity contribution in [2.24, 2.45) is 0 Å². The number of para-hydroxylation sites is 2. The zero-order valence-electron chi connectivity index (χ0n) is 15.1. The van der Waals surface area contributed by atoms with Crippen molar-refractivity contribution in [2.75, 3.05) is 6.61 Å². The molecule has 27 heavy (non-hydrogen) atoms. The third-order valence-corrected chi connectivity index (χ3v) is 4.02. The van der Waals surface area contributed by atoms with Crippen LogP contribution < -0.4 is 10.1 Å². The number of hydrogen-bond acceptors (Lipinski definition) is 6. The van der Waals surface area contributed by atoms with Gasteiger partial charge in [-0.05, 0) is 38.1 Å². The summed E-state index contributed by atoms with van der Waals surface area (Å²) in [4.78, 5) is 25.0. The molecule has 0 aliphatic heterocycles. The third-order valence-electron chi connectivity index (χ3n) is 4.02. The van der Waals surface area contributed by atoms with Crippen molar-refractivity contribution in [2.45, 2.75) is 19.9 Å². The van der Waals surface area contributed by atoms with Crippen LogP contribution in [0.2, 0.25) is 0 Å². The molecule has 7 nitrogen and oxygen atoms in total. The molecule has 138 valence electrons. The van der Waals surface area contributed by atoms with Gasteiger partial charge in [0.1, 0.15) is 0 Å². The highest BCUT2D eigenvalue weighted by Gasteiger charge is 2.15. The first-order chi connectivity index (χ1) is 13.0. The second-order valence-corrected chi connectivity index (χ2v) is 6.02. The SMILES string of the molecule is Cc1nc(-c2ccncc2)ncc1[C@H](C)NC(=O)COc1ccccc1O. The van der Waals surface area contributed by atoms with E-state index in [1.165, 1.54) is 6.07 Å². The standard InChI is InChI=1S/C20H20N4O3/c1-13(23-19(26)12-27-18-6-4-3-5-17(18)25)16-11-22-20(24-14(16)2)15-7-9-21-10-8-15/h3-11,13,25H,12H2,1-2H3,(H,23,26)/t13-/m0/s1. The maximum Gasteiger partial charge on any atom is 0.258 e. The number of phenols is 1. The molecule has 0 spiro atoms. The molecule has 0 saturated heterocycles. The lowest BCUT2D eigenvalue weighted by Crippen LogP contribution is -2.31. The number of amides is 1. The first kappa shape index (κ1) is 18.3. The largest absolute Gasteiger partial charge is 0.504 e. The van der Waals surface area contributed by atoms with Gasteiger partial charge in [0.25, 0.3) is 5.91 Å². The number of carbonyl (C=O) groups excluding carboxylic acids is 1. The van der Waals surface area contributed by atoms with Crippen LogP contribution in [0, 0.1) is 6.92 Å². The van der Waals surface area contributed by atoms with Crippen LogP contribution in [0.1, 0.15) is 24.2 Å². The molecule has 3 aromatic rings. The van der Waals surface area contributed by atoms with Crippen LogP contribution in [0.25, 0.3) is 11.4 Å². The van der Waals surface area contributed by atoms with Crippen LogP contribution >= 0.6 is 0 Å². The zero-order chi connectivity index (χ0) is 19.2. The lowest BCUT2D eigenvalue weighted by molar-refractivity contribution is -0.123. The second-order valence-electron chi connectivity index (χ2n) is 6.02. The molecule has 0 saturated carbocycles. The molecule has 0 radical (unpaired) electrons. The number of benzene rings is 1. The summed E-state index contributed by atoms with van der Waals surface area (Å²) in [5, 5.41) is 12.5. The summed E-state index contributed by atoms with van der Waals surface area (Å²) < 4.78 is 5.34. The molecule has 0 fully saturated rings. The van der Waals surface area contributed by atoms with E-state index in [0.29, 0.717) is 5.82 Å². The Bertz CT molecular complexity index is 932. The number of nitrogens with one attached hydrogen (secondary N) is 1. The molecule has 0 bridgehead atoms. The van der Waals surface area contributed by atoms with E-state index >= 15 is 0 Å². The van der Waals surface area contributed by atoms with Crippen LogP contribution in [0.5, 0.6) is 11.5 Å². The lowest BCUT2D eigenvalue weighted by atomic mass is 10.1. The van der Waals surface area contributed by atoms with Crippen molar-refractivity contribution in [3.05, 3.63) is 66.2 Å². The van der Waals surface area contributed by atoms with E-state index in [2.05, 4.69) is 20.3 Å². The normalized spacial score (nSPS) is 11.6. The first-order valence-corrected chi connectivity index (χ1v) is 8.48. The van der Waals surface area contributed by atoms with Crippen LogP contribution in [-0.2, 0) is 4.79 Å². The molecule has 1 aromatic carbocycles. The van der Waals surface area contributed by atoms with Crippen LogP contribution in [0.4, 0.5) is 0 Å². The summed E-state index contributed by atoms with van der Waals surface area (Å²) in [6.07, 6.45) is 5.09. The van der Waals surface area contributed by atoms with Crippen molar-refractivity contribution in [3.8, 4) is 22.9 Å². The van der Waals surface area contributed by atoms with Crippen molar-refractivity contribution >= 4 is 5.91 Å². The molecule has 0 aliphatic carbocycles. The number of aryl methyl sites for hydroxylation is 1. The Hall–Kier alpha value is -3.48. The van der Waals surface area contributed by atoms with Crippen LogP contribution in [0.3, 0.4) is 0 Å². The maximum atomic E-state index is 12.1. The summed E-state index contributed by atoms with van der Waals surface area (Å²) in [6, 6.07) is 9.91. The Labute approximate surface area is 157 Å². The quantitative estimate of drug-likeness (QED) is 0.698. The van der Waals surface area contributed by atoms with Gasteiger partial charge in [0.15, 0.2) is 23.9 Å². The zero-order valence-corrected chi connectivity index (χ0v) is 15.1. The molecular formula is C20H20N4O3. The molecule has 2 N–H and O–H groups in total. The number of aromatic hydroxyl groups is 1. The van der Waals surface area contributed by atoms with Gasteiger partial charge in [-0.2, -0.15) is 0 Å². The Morgan fingerprint density at radius 3 is 2.67 bits per heavy atom. The van der Waals surface area contributed by atoms with Gasteiger partial charge in [-0.1, -0.05) is 12.1 Å². The van der Waals surface area contributed by atoms with Gasteiger partial charge in [-0.3, -0.25) is 9.78 Å². The Kier molecular flexibility index (Phi) is 5.61. The summed E-state index contributed by atoms with van der Waals surface area (Å²) in [7, 11) is 0. The van der Waals surface area contributed by atoms with Gasteiger partial charge in [-0.25, -0.2) is 9.97 Å². The molecule has 2 aromatic heterocycles. The number of hydrogen-bond donors (Lipinski definition) is 2.